The number of likely N-dealkylation sites (tertiary alicyclic amines) is 1. The van der Waals surface area contributed by atoms with Gasteiger partial charge in [0, 0.05) is 12.1 Å². The van der Waals surface area contributed by atoms with E-state index in [1.807, 2.05) is 0 Å². The molecule has 82 valence electrons. The molecule has 1 unspecified atom stereocenters. The van der Waals surface area contributed by atoms with Gasteiger partial charge in [-0.3, -0.25) is 4.90 Å². The number of hydrogen-bond donors (Lipinski definition) is 1. The van der Waals surface area contributed by atoms with Crippen LogP contribution < -0.4 is 5.73 Å². The van der Waals surface area contributed by atoms with E-state index in [9.17, 15) is 0 Å². The van der Waals surface area contributed by atoms with Gasteiger partial charge >= 0.3 is 0 Å². The van der Waals surface area contributed by atoms with Crippen molar-refractivity contribution in [3.8, 4) is 0 Å². The predicted octanol–water partition coefficient (Wildman–Crippen LogP) is 1.99. The smallest absolute Gasteiger partial charge is 0.0331 e. The Morgan fingerprint density at radius 1 is 1.14 bits per heavy atom. The largest absolute Gasteiger partial charge is 0.329 e. The highest BCUT2D eigenvalue weighted by Gasteiger charge is 2.44. The molecule has 2 nitrogen and oxygen atoms in total. The molecule has 2 fully saturated rings. The van der Waals surface area contributed by atoms with E-state index in [0.717, 1.165) is 12.5 Å². The van der Waals surface area contributed by atoms with Crippen LogP contribution in [0.1, 0.15) is 45.4 Å². The van der Waals surface area contributed by atoms with Crippen LogP contribution in [0.25, 0.3) is 0 Å². The fourth-order valence-corrected chi connectivity index (χ4v) is 2.84. The number of hydrogen-bond acceptors (Lipinski definition) is 2. The highest BCUT2D eigenvalue weighted by atomic mass is 15.2. The SMILES string of the molecule is CC(CN)(C1CC1)N1CCCCCC1. The molecule has 0 aromatic carbocycles. The van der Waals surface area contributed by atoms with Crippen LogP contribution in [0.4, 0.5) is 0 Å². The molecule has 0 amide bonds. The van der Waals surface area contributed by atoms with Gasteiger partial charge in [0.25, 0.3) is 0 Å². The average Bonchev–Trinajstić information content (AvgIpc) is 3.03. The third-order valence-electron chi connectivity index (χ3n) is 4.20. The van der Waals surface area contributed by atoms with Crippen LogP contribution in [0.2, 0.25) is 0 Å². The van der Waals surface area contributed by atoms with Crippen LogP contribution in [0.3, 0.4) is 0 Å². The molecule has 1 saturated carbocycles. The highest BCUT2D eigenvalue weighted by molar-refractivity contribution is 5.00. The van der Waals surface area contributed by atoms with Crippen molar-refractivity contribution in [1.82, 2.24) is 4.90 Å². The molecule has 1 aliphatic heterocycles. The van der Waals surface area contributed by atoms with Crippen molar-refractivity contribution in [3.05, 3.63) is 0 Å². The Morgan fingerprint density at radius 3 is 2.14 bits per heavy atom. The summed E-state index contributed by atoms with van der Waals surface area (Å²) in [7, 11) is 0. The second-order valence-electron chi connectivity index (χ2n) is 5.24. The van der Waals surface area contributed by atoms with Gasteiger partial charge in [0.15, 0.2) is 0 Å². The van der Waals surface area contributed by atoms with Gasteiger partial charge < -0.3 is 5.73 Å². The average molecular weight is 196 g/mol. The summed E-state index contributed by atoms with van der Waals surface area (Å²) in [6, 6.07) is 0. The van der Waals surface area contributed by atoms with Gasteiger partial charge in [-0.25, -0.2) is 0 Å². The molecule has 1 heterocycles. The lowest BCUT2D eigenvalue weighted by molar-refractivity contribution is 0.0932. The zero-order chi connectivity index (χ0) is 10.0. The minimum atomic E-state index is 0.324. The summed E-state index contributed by atoms with van der Waals surface area (Å²) in [4.78, 5) is 2.68. The first-order valence-corrected chi connectivity index (χ1v) is 6.22. The van der Waals surface area contributed by atoms with Gasteiger partial charge in [0.2, 0.25) is 0 Å². The Hall–Kier alpha value is -0.0800. The van der Waals surface area contributed by atoms with E-state index in [0.29, 0.717) is 5.54 Å². The highest BCUT2D eigenvalue weighted by Crippen LogP contribution is 2.43. The first-order valence-electron chi connectivity index (χ1n) is 6.22. The quantitative estimate of drug-likeness (QED) is 0.748. The van der Waals surface area contributed by atoms with Crippen molar-refractivity contribution in [2.75, 3.05) is 19.6 Å². The van der Waals surface area contributed by atoms with Gasteiger partial charge in [-0.05, 0) is 51.6 Å². The first kappa shape index (κ1) is 10.4. The molecular formula is C12H24N2. The molecule has 0 bridgehead atoms. The minimum Gasteiger partial charge on any atom is -0.329 e. The normalized spacial score (nSPS) is 29.6. The molecule has 2 heteroatoms. The van der Waals surface area contributed by atoms with Gasteiger partial charge in [0.1, 0.15) is 0 Å². The molecule has 0 radical (unpaired) electrons. The second kappa shape index (κ2) is 4.19. The summed E-state index contributed by atoms with van der Waals surface area (Å²) in [6.07, 6.45) is 8.41. The monoisotopic (exact) mass is 196 g/mol. The molecule has 0 aromatic heterocycles. The van der Waals surface area contributed by atoms with Crippen LogP contribution in [0.5, 0.6) is 0 Å². The molecule has 2 aliphatic rings. The fraction of sp³-hybridized carbons (Fsp3) is 1.00. The molecule has 2 N–H and O–H groups in total. The molecule has 0 spiro atoms. The molecular weight excluding hydrogens is 172 g/mol. The molecule has 1 aliphatic carbocycles. The summed E-state index contributed by atoms with van der Waals surface area (Å²) < 4.78 is 0. The second-order valence-corrected chi connectivity index (χ2v) is 5.24. The van der Waals surface area contributed by atoms with Crippen molar-refractivity contribution < 1.29 is 0 Å². The lowest BCUT2D eigenvalue weighted by atomic mass is 9.93. The Bertz CT molecular complexity index is 181. The Labute approximate surface area is 87.8 Å². The van der Waals surface area contributed by atoms with E-state index in [2.05, 4.69) is 11.8 Å². The van der Waals surface area contributed by atoms with Crippen molar-refractivity contribution in [2.45, 2.75) is 51.0 Å². The van der Waals surface area contributed by atoms with Crippen LogP contribution in [-0.2, 0) is 0 Å². The lowest BCUT2D eigenvalue weighted by Crippen LogP contribution is -2.53. The summed E-state index contributed by atoms with van der Waals surface area (Å²) in [5.74, 6) is 0.894. The Balaban J connectivity index is 2.01. The number of nitrogens with zero attached hydrogens (tertiary/aromatic N) is 1. The first-order chi connectivity index (χ1) is 6.77. The molecule has 1 saturated heterocycles. The molecule has 2 rings (SSSR count). The Kier molecular flexibility index (Phi) is 3.13. The van der Waals surface area contributed by atoms with E-state index in [-0.39, 0.29) is 0 Å². The summed E-state index contributed by atoms with van der Waals surface area (Å²) in [5, 5.41) is 0. The topological polar surface area (TPSA) is 29.3 Å². The lowest BCUT2D eigenvalue weighted by Gasteiger charge is -2.40. The fourth-order valence-electron chi connectivity index (χ4n) is 2.84. The van der Waals surface area contributed by atoms with Crippen LogP contribution in [0.15, 0.2) is 0 Å². The maximum absolute atomic E-state index is 5.99. The third-order valence-corrected chi connectivity index (χ3v) is 4.20. The third kappa shape index (κ3) is 1.96. The number of rotatable bonds is 3. The standard InChI is InChI=1S/C12H24N2/c1-12(10-13,11-6-7-11)14-8-4-2-3-5-9-14/h11H,2-10,13H2,1H3. The van der Waals surface area contributed by atoms with E-state index in [1.165, 1.54) is 51.6 Å². The van der Waals surface area contributed by atoms with Crippen LogP contribution in [-0.4, -0.2) is 30.1 Å². The Morgan fingerprint density at radius 2 is 1.71 bits per heavy atom. The summed E-state index contributed by atoms with van der Waals surface area (Å²) in [6.45, 7) is 5.79. The van der Waals surface area contributed by atoms with Crippen molar-refractivity contribution in [3.63, 3.8) is 0 Å². The minimum absolute atomic E-state index is 0.324. The van der Waals surface area contributed by atoms with Gasteiger partial charge in [-0.15, -0.1) is 0 Å². The summed E-state index contributed by atoms with van der Waals surface area (Å²) >= 11 is 0. The zero-order valence-corrected chi connectivity index (χ0v) is 9.47. The van der Waals surface area contributed by atoms with Crippen LogP contribution >= 0.6 is 0 Å². The van der Waals surface area contributed by atoms with Gasteiger partial charge in [0.05, 0.1) is 0 Å². The number of nitrogens with two attached hydrogens (primary N) is 1. The van der Waals surface area contributed by atoms with Crippen LogP contribution in [0, 0.1) is 5.92 Å². The van der Waals surface area contributed by atoms with Crippen molar-refractivity contribution in [1.29, 1.82) is 0 Å². The zero-order valence-electron chi connectivity index (χ0n) is 9.47. The van der Waals surface area contributed by atoms with Gasteiger partial charge in [-0.1, -0.05) is 12.8 Å². The van der Waals surface area contributed by atoms with E-state index in [4.69, 9.17) is 5.73 Å². The predicted molar refractivity (Wildman–Crippen MR) is 60.2 cm³/mol. The van der Waals surface area contributed by atoms with E-state index in [1.54, 1.807) is 0 Å². The molecule has 14 heavy (non-hydrogen) atoms. The van der Waals surface area contributed by atoms with Crippen molar-refractivity contribution in [2.24, 2.45) is 11.7 Å². The maximum atomic E-state index is 5.99. The van der Waals surface area contributed by atoms with E-state index < -0.39 is 0 Å². The molecule has 1 atom stereocenters. The summed E-state index contributed by atoms with van der Waals surface area (Å²) in [5.41, 5.74) is 6.31. The van der Waals surface area contributed by atoms with Crippen molar-refractivity contribution >= 4 is 0 Å². The van der Waals surface area contributed by atoms with Gasteiger partial charge in [-0.2, -0.15) is 0 Å². The van der Waals surface area contributed by atoms with E-state index >= 15 is 0 Å². The maximum Gasteiger partial charge on any atom is 0.0331 e. The molecule has 0 aromatic rings.